The molecule has 0 radical (unpaired) electrons. The summed E-state index contributed by atoms with van der Waals surface area (Å²) >= 11 is 0. The van der Waals surface area contributed by atoms with Crippen molar-refractivity contribution in [1.82, 2.24) is 24.6 Å². The van der Waals surface area contributed by atoms with E-state index in [1.54, 1.807) is 23.9 Å². The number of fused-ring (bicyclic) bond motifs is 1. The molecule has 10 heteroatoms. The first-order valence-electron chi connectivity index (χ1n) is 8.37. The summed E-state index contributed by atoms with van der Waals surface area (Å²) < 4.78 is 28.0. The molecule has 1 aliphatic heterocycles. The van der Waals surface area contributed by atoms with E-state index in [0.29, 0.717) is 17.2 Å². The molecule has 0 aliphatic carbocycles. The molecular weight excluding hydrogens is 390 g/mol. The highest BCUT2D eigenvalue weighted by Crippen LogP contribution is 2.29. The first-order valence-corrected chi connectivity index (χ1v) is 10.0. The summed E-state index contributed by atoms with van der Waals surface area (Å²) in [6.45, 7) is 3.98. The average molecular weight is 410 g/mol. The van der Waals surface area contributed by atoms with Gasteiger partial charge >= 0.3 is 0 Å². The second-order valence-electron chi connectivity index (χ2n) is 6.10. The van der Waals surface area contributed by atoms with Crippen LogP contribution in [0.3, 0.4) is 0 Å². The number of phenols is 1. The predicted molar refractivity (Wildman–Crippen MR) is 103 cm³/mol. The minimum absolute atomic E-state index is 0. The Morgan fingerprint density at radius 1 is 1.30 bits per heavy atom. The van der Waals surface area contributed by atoms with Gasteiger partial charge in [-0.05, 0) is 24.3 Å². The first-order chi connectivity index (χ1) is 12.5. The number of nitrogens with zero attached hydrogens (tertiary/aromatic N) is 4. The second-order valence-corrected chi connectivity index (χ2v) is 8.37. The van der Waals surface area contributed by atoms with E-state index in [9.17, 15) is 13.5 Å². The zero-order valence-corrected chi connectivity index (χ0v) is 16.3. The zero-order valence-electron chi connectivity index (χ0n) is 14.7. The lowest BCUT2D eigenvalue weighted by Gasteiger charge is -2.13. The molecule has 3 heterocycles. The van der Waals surface area contributed by atoms with Crippen LogP contribution >= 0.6 is 12.4 Å². The minimum Gasteiger partial charge on any atom is -0.506 e. The van der Waals surface area contributed by atoms with Crippen molar-refractivity contribution in [3.8, 4) is 23.0 Å². The van der Waals surface area contributed by atoms with E-state index in [1.165, 1.54) is 18.2 Å². The van der Waals surface area contributed by atoms with Gasteiger partial charge in [0.15, 0.2) is 15.7 Å². The summed E-state index contributed by atoms with van der Waals surface area (Å²) in [5.41, 5.74) is 2.10. The molecule has 0 saturated heterocycles. The zero-order chi connectivity index (χ0) is 18.3. The summed E-state index contributed by atoms with van der Waals surface area (Å²) in [6, 6.07) is 6.23. The number of halogens is 1. The summed E-state index contributed by atoms with van der Waals surface area (Å²) in [5, 5.41) is 18.2. The topological polar surface area (TPSA) is 102 Å². The van der Waals surface area contributed by atoms with Gasteiger partial charge in [0.2, 0.25) is 0 Å². The van der Waals surface area contributed by atoms with Gasteiger partial charge in [0, 0.05) is 25.5 Å². The van der Waals surface area contributed by atoms with E-state index < -0.39 is 9.84 Å². The van der Waals surface area contributed by atoms with Crippen LogP contribution in [-0.4, -0.2) is 45.2 Å². The maximum absolute atomic E-state index is 12.2. The second kappa shape index (κ2) is 7.34. The van der Waals surface area contributed by atoms with Crippen LogP contribution in [0.1, 0.15) is 12.6 Å². The number of nitrogens with one attached hydrogen (secondary N) is 1. The number of hydrogen-bond acceptors (Lipinski definition) is 6. The van der Waals surface area contributed by atoms with Gasteiger partial charge in [0.1, 0.15) is 11.4 Å². The highest BCUT2D eigenvalue weighted by Gasteiger charge is 2.20. The Bertz CT molecular complexity index is 1050. The fraction of sp³-hybridized carbons (Fsp3) is 0.294. The normalized spacial score (nSPS) is 13.8. The molecule has 1 aromatic carbocycles. The monoisotopic (exact) mass is 409 g/mol. The number of aromatic hydroxyl groups is 1. The number of rotatable bonds is 4. The molecule has 2 aromatic heterocycles. The standard InChI is InChI=1S/C17H19N5O3S.ClH/c1-2-26(24,25)13-3-4-16(23)15(10-13)21-7-6-19-17(21)14-9-12-11-18-5-8-22(12)20-14;/h3-4,6-7,9-10,18,23H,2,5,8,11H2,1H3;1H. The number of sulfone groups is 1. The molecule has 0 unspecified atom stereocenters. The van der Waals surface area contributed by atoms with Crippen LogP contribution in [0.15, 0.2) is 41.6 Å². The van der Waals surface area contributed by atoms with Gasteiger partial charge in [-0.15, -0.1) is 12.4 Å². The SMILES string of the molecule is CCS(=O)(=O)c1ccc(O)c(-n2ccnc2-c2cc3n(n2)CCNC3)c1.Cl. The Balaban J connectivity index is 0.00000210. The van der Waals surface area contributed by atoms with Gasteiger partial charge in [-0.2, -0.15) is 5.10 Å². The summed E-state index contributed by atoms with van der Waals surface area (Å²) in [6.07, 6.45) is 3.29. The van der Waals surface area contributed by atoms with Crippen molar-refractivity contribution in [3.05, 3.63) is 42.4 Å². The van der Waals surface area contributed by atoms with Crippen molar-refractivity contribution in [2.45, 2.75) is 24.9 Å². The lowest BCUT2D eigenvalue weighted by atomic mass is 10.2. The fourth-order valence-corrected chi connectivity index (χ4v) is 3.95. The van der Waals surface area contributed by atoms with Gasteiger partial charge in [0.05, 0.1) is 28.6 Å². The number of imidazole rings is 1. The molecule has 4 rings (SSSR count). The maximum Gasteiger partial charge on any atom is 0.178 e. The fourth-order valence-electron chi connectivity index (χ4n) is 3.05. The smallest absolute Gasteiger partial charge is 0.178 e. The minimum atomic E-state index is -3.38. The van der Waals surface area contributed by atoms with Gasteiger partial charge < -0.3 is 10.4 Å². The average Bonchev–Trinajstić information content (AvgIpc) is 3.28. The van der Waals surface area contributed by atoms with E-state index in [2.05, 4.69) is 15.4 Å². The van der Waals surface area contributed by atoms with E-state index in [4.69, 9.17) is 0 Å². The van der Waals surface area contributed by atoms with Crippen LogP contribution in [-0.2, 0) is 22.9 Å². The molecule has 0 fully saturated rings. The number of aromatic nitrogens is 4. The lowest BCUT2D eigenvalue weighted by Crippen LogP contribution is -2.28. The first kappa shape index (κ1) is 19.4. The molecule has 8 nitrogen and oxygen atoms in total. The van der Waals surface area contributed by atoms with E-state index in [0.717, 1.165) is 25.3 Å². The van der Waals surface area contributed by atoms with Gasteiger partial charge in [-0.3, -0.25) is 9.25 Å². The Labute approximate surface area is 163 Å². The largest absolute Gasteiger partial charge is 0.506 e. The highest BCUT2D eigenvalue weighted by atomic mass is 35.5. The maximum atomic E-state index is 12.2. The van der Waals surface area contributed by atoms with Gasteiger partial charge in [0.25, 0.3) is 0 Å². The Morgan fingerprint density at radius 3 is 2.85 bits per heavy atom. The van der Waals surface area contributed by atoms with Crippen LogP contribution in [0.4, 0.5) is 0 Å². The van der Waals surface area contributed by atoms with Crippen molar-refractivity contribution >= 4 is 22.2 Å². The molecule has 0 amide bonds. The van der Waals surface area contributed by atoms with E-state index >= 15 is 0 Å². The van der Waals surface area contributed by atoms with Crippen LogP contribution in [0, 0.1) is 0 Å². The molecule has 27 heavy (non-hydrogen) atoms. The molecule has 0 bridgehead atoms. The molecular formula is C17H20ClN5O3S. The molecule has 3 aromatic rings. The number of benzene rings is 1. The van der Waals surface area contributed by atoms with Crippen molar-refractivity contribution in [2.75, 3.05) is 12.3 Å². The molecule has 1 aliphatic rings. The molecule has 144 valence electrons. The van der Waals surface area contributed by atoms with Crippen molar-refractivity contribution in [3.63, 3.8) is 0 Å². The van der Waals surface area contributed by atoms with Gasteiger partial charge in [-0.25, -0.2) is 13.4 Å². The van der Waals surface area contributed by atoms with Crippen LogP contribution in [0.5, 0.6) is 5.75 Å². The Hall–Kier alpha value is -2.36. The Morgan fingerprint density at radius 2 is 2.11 bits per heavy atom. The lowest BCUT2D eigenvalue weighted by molar-refractivity contribution is 0.471. The third-order valence-electron chi connectivity index (χ3n) is 4.49. The molecule has 0 saturated carbocycles. The third-order valence-corrected chi connectivity index (χ3v) is 6.22. The van der Waals surface area contributed by atoms with Crippen molar-refractivity contribution in [2.24, 2.45) is 0 Å². The van der Waals surface area contributed by atoms with E-state index in [-0.39, 0.29) is 28.8 Å². The quantitative estimate of drug-likeness (QED) is 0.680. The molecule has 2 N–H and O–H groups in total. The summed E-state index contributed by atoms with van der Waals surface area (Å²) in [5.74, 6) is 0.521. The molecule has 0 spiro atoms. The van der Waals surface area contributed by atoms with Crippen LogP contribution in [0.2, 0.25) is 0 Å². The summed E-state index contributed by atoms with van der Waals surface area (Å²) in [7, 11) is -3.38. The van der Waals surface area contributed by atoms with Crippen molar-refractivity contribution < 1.29 is 13.5 Å². The van der Waals surface area contributed by atoms with E-state index in [1.807, 2.05) is 10.7 Å². The van der Waals surface area contributed by atoms with Crippen LogP contribution < -0.4 is 5.32 Å². The van der Waals surface area contributed by atoms with Gasteiger partial charge in [-0.1, -0.05) is 6.92 Å². The number of phenolic OH excluding ortho intramolecular Hbond substituents is 1. The summed E-state index contributed by atoms with van der Waals surface area (Å²) in [4.78, 5) is 4.53. The van der Waals surface area contributed by atoms with Crippen molar-refractivity contribution in [1.29, 1.82) is 0 Å². The van der Waals surface area contributed by atoms with Crippen LogP contribution in [0.25, 0.3) is 17.2 Å². The predicted octanol–water partition coefficient (Wildman–Crippen LogP) is 1.76. The Kier molecular flexibility index (Phi) is 5.27. The third kappa shape index (κ3) is 3.45. The highest BCUT2D eigenvalue weighted by molar-refractivity contribution is 7.91. The number of hydrogen-bond donors (Lipinski definition) is 2. The molecule has 0 atom stereocenters.